The molecule has 1 amide bonds. The van der Waals surface area contributed by atoms with Gasteiger partial charge in [-0.1, -0.05) is 30.3 Å². The van der Waals surface area contributed by atoms with Crippen molar-refractivity contribution in [3.05, 3.63) is 64.2 Å². The number of nitrogens with zero attached hydrogens (tertiary/aromatic N) is 2. The molecular formula is C18H18N4O4. The average Bonchev–Trinajstić information content (AvgIpc) is 3.02. The fraction of sp³-hybridized carbons (Fsp3) is 0.222. The van der Waals surface area contributed by atoms with E-state index in [1.807, 2.05) is 30.3 Å². The van der Waals surface area contributed by atoms with Gasteiger partial charge in [0.15, 0.2) is 0 Å². The molecule has 0 atom stereocenters. The molecule has 0 aliphatic carbocycles. The maximum absolute atomic E-state index is 12.2. The number of aromatic nitrogens is 3. The van der Waals surface area contributed by atoms with Crippen LogP contribution in [0, 0.1) is 0 Å². The second-order valence-corrected chi connectivity index (χ2v) is 5.74. The number of nitrogens with one attached hydrogen (secondary N) is 2. The summed E-state index contributed by atoms with van der Waals surface area (Å²) in [6.07, 6.45) is 3.66. The number of rotatable bonds is 6. The van der Waals surface area contributed by atoms with Crippen molar-refractivity contribution in [1.82, 2.24) is 20.1 Å². The van der Waals surface area contributed by atoms with Gasteiger partial charge in [-0.05, 0) is 12.0 Å². The van der Waals surface area contributed by atoms with Gasteiger partial charge in [-0.2, -0.15) is 5.10 Å². The van der Waals surface area contributed by atoms with Gasteiger partial charge in [0, 0.05) is 18.9 Å². The van der Waals surface area contributed by atoms with E-state index in [9.17, 15) is 14.4 Å². The maximum atomic E-state index is 12.2. The van der Waals surface area contributed by atoms with Crippen LogP contribution in [0.1, 0.15) is 15.9 Å². The number of pyridine rings is 1. The fourth-order valence-corrected chi connectivity index (χ4v) is 2.65. The lowest BCUT2D eigenvalue weighted by molar-refractivity contribution is -0.121. The second-order valence-electron chi connectivity index (χ2n) is 5.74. The molecule has 0 unspecified atom stereocenters. The lowest BCUT2D eigenvalue weighted by Gasteiger charge is -2.12. The van der Waals surface area contributed by atoms with Gasteiger partial charge in [0.25, 0.3) is 5.56 Å². The van der Waals surface area contributed by atoms with Crippen LogP contribution < -0.4 is 10.9 Å². The van der Waals surface area contributed by atoms with E-state index in [0.717, 1.165) is 12.0 Å². The van der Waals surface area contributed by atoms with Gasteiger partial charge in [0.05, 0.1) is 12.7 Å². The SMILES string of the molecule is COC(=O)c1cn(CC(=O)NCCc2ccccc2)cc2c(=O)[nH]nc1-2. The highest BCUT2D eigenvalue weighted by atomic mass is 16.5. The molecule has 8 heteroatoms. The molecule has 0 spiro atoms. The standard InChI is InChI=1S/C18H18N4O4/c1-26-18(25)14-10-22(9-13-16(14)20-21-17(13)24)11-15(23)19-8-7-12-5-3-2-4-6-12/h2-6,9-10H,7-8,11H2,1H3,(H,19,23)(H,21,24). The number of methoxy groups -OCH3 is 1. The van der Waals surface area contributed by atoms with E-state index in [-0.39, 0.29) is 29.3 Å². The van der Waals surface area contributed by atoms with Gasteiger partial charge in [0.1, 0.15) is 17.8 Å². The third-order valence-corrected chi connectivity index (χ3v) is 3.92. The van der Waals surface area contributed by atoms with Crippen molar-refractivity contribution in [1.29, 1.82) is 0 Å². The Labute approximate surface area is 149 Å². The van der Waals surface area contributed by atoms with E-state index < -0.39 is 11.5 Å². The Bertz CT molecular complexity index is 945. The van der Waals surface area contributed by atoms with Gasteiger partial charge in [-0.15, -0.1) is 0 Å². The molecule has 0 saturated heterocycles. The van der Waals surface area contributed by atoms with Crippen molar-refractivity contribution < 1.29 is 14.3 Å². The van der Waals surface area contributed by atoms with Crippen LogP contribution in [-0.4, -0.2) is 40.3 Å². The van der Waals surface area contributed by atoms with Crippen molar-refractivity contribution in [2.45, 2.75) is 13.0 Å². The van der Waals surface area contributed by atoms with E-state index in [4.69, 9.17) is 4.74 Å². The van der Waals surface area contributed by atoms with E-state index >= 15 is 0 Å². The summed E-state index contributed by atoms with van der Waals surface area (Å²) in [5, 5.41) is 8.96. The molecule has 0 saturated carbocycles. The molecule has 1 aromatic rings. The molecule has 0 radical (unpaired) electrons. The summed E-state index contributed by atoms with van der Waals surface area (Å²) in [7, 11) is 1.24. The first kappa shape index (κ1) is 17.4. The monoisotopic (exact) mass is 354 g/mol. The molecule has 26 heavy (non-hydrogen) atoms. The van der Waals surface area contributed by atoms with Crippen molar-refractivity contribution in [3.8, 4) is 11.3 Å². The first-order valence-electron chi connectivity index (χ1n) is 8.05. The van der Waals surface area contributed by atoms with Gasteiger partial charge < -0.3 is 14.6 Å². The summed E-state index contributed by atoms with van der Waals surface area (Å²) in [4.78, 5) is 35.9. The number of ether oxygens (including phenoxy) is 1. The lowest BCUT2D eigenvalue weighted by atomic mass is 10.1. The minimum absolute atomic E-state index is 0.0284. The lowest BCUT2D eigenvalue weighted by Crippen LogP contribution is -2.29. The maximum Gasteiger partial charge on any atom is 0.341 e. The van der Waals surface area contributed by atoms with Crippen molar-refractivity contribution in [2.75, 3.05) is 13.7 Å². The summed E-state index contributed by atoms with van der Waals surface area (Å²) < 4.78 is 6.19. The zero-order valence-corrected chi connectivity index (χ0v) is 14.2. The fourth-order valence-electron chi connectivity index (χ4n) is 2.65. The molecule has 1 aromatic carbocycles. The zero-order valence-electron chi connectivity index (χ0n) is 14.2. The molecule has 2 N–H and O–H groups in total. The first-order chi connectivity index (χ1) is 12.6. The van der Waals surface area contributed by atoms with Crippen LogP contribution in [0.5, 0.6) is 0 Å². The molecule has 0 aromatic heterocycles. The van der Waals surface area contributed by atoms with Crippen molar-refractivity contribution in [3.63, 3.8) is 0 Å². The molecule has 8 nitrogen and oxygen atoms in total. The summed E-state index contributed by atoms with van der Waals surface area (Å²) in [6, 6.07) is 9.82. The normalized spacial score (nSPS) is 10.7. The Kier molecular flexibility index (Phi) is 5.12. The second kappa shape index (κ2) is 7.64. The highest BCUT2D eigenvalue weighted by Crippen LogP contribution is 2.20. The van der Waals surface area contributed by atoms with Crippen LogP contribution in [0.4, 0.5) is 0 Å². The van der Waals surface area contributed by atoms with E-state index in [2.05, 4.69) is 15.5 Å². The predicted molar refractivity (Wildman–Crippen MR) is 94.0 cm³/mol. The van der Waals surface area contributed by atoms with Crippen molar-refractivity contribution in [2.24, 2.45) is 0 Å². The van der Waals surface area contributed by atoms with Crippen LogP contribution in [0.2, 0.25) is 0 Å². The third-order valence-electron chi connectivity index (χ3n) is 3.92. The topological polar surface area (TPSA) is 106 Å². The Morgan fingerprint density at radius 2 is 2.00 bits per heavy atom. The highest BCUT2D eigenvalue weighted by molar-refractivity contribution is 5.96. The quantitative estimate of drug-likeness (QED) is 0.638. The number of hydrogen-bond acceptors (Lipinski definition) is 5. The minimum atomic E-state index is -0.625. The van der Waals surface area contributed by atoms with E-state index in [1.54, 1.807) is 0 Å². The smallest absolute Gasteiger partial charge is 0.341 e. The molecule has 0 bridgehead atoms. The Balaban J connectivity index is 1.70. The number of carbonyl (C=O) groups is 2. The van der Waals surface area contributed by atoms with Crippen molar-refractivity contribution >= 4 is 11.9 Å². The van der Waals surface area contributed by atoms with Gasteiger partial charge in [0.2, 0.25) is 5.91 Å². The van der Waals surface area contributed by atoms with Crippen LogP contribution in [-0.2, 0) is 22.5 Å². The third kappa shape index (κ3) is 3.80. The number of fused-ring (bicyclic) bond motifs is 1. The average molecular weight is 354 g/mol. The van der Waals surface area contributed by atoms with Gasteiger partial charge in [-0.25, -0.2) is 9.89 Å². The molecule has 0 fully saturated rings. The Hall–Kier alpha value is -3.42. The van der Waals surface area contributed by atoms with Crippen LogP contribution in [0.25, 0.3) is 11.3 Å². The predicted octanol–water partition coefficient (Wildman–Crippen LogP) is 0.822. The van der Waals surface area contributed by atoms with Gasteiger partial charge in [-0.3, -0.25) is 9.59 Å². The van der Waals surface area contributed by atoms with Crippen LogP contribution in [0.15, 0.2) is 47.5 Å². The largest absolute Gasteiger partial charge is 0.465 e. The number of aromatic amines is 1. The first-order valence-corrected chi connectivity index (χ1v) is 8.05. The number of hydrogen-bond donors (Lipinski definition) is 2. The van der Waals surface area contributed by atoms with Gasteiger partial charge >= 0.3 is 5.97 Å². The number of esters is 1. The number of amides is 1. The summed E-state index contributed by atoms with van der Waals surface area (Å²) in [5.41, 5.74) is 1.28. The molecule has 2 aliphatic rings. The number of benzene rings is 1. The minimum Gasteiger partial charge on any atom is -0.465 e. The summed E-state index contributed by atoms with van der Waals surface area (Å²) in [6.45, 7) is 0.466. The molecule has 3 rings (SSSR count). The molecule has 134 valence electrons. The van der Waals surface area contributed by atoms with Crippen LogP contribution in [0.3, 0.4) is 0 Å². The highest BCUT2D eigenvalue weighted by Gasteiger charge is 2.22. The number of carbonyl (C=O) groups excluding carboxylic acids is 2. The summed E-state index contributed by atoms with van der Waals surface area (Å²) >= 11 is 0. The number of H-pyrrole nitrogens is 1. The molecule has 2 heterocycles. The van der Waals surface area contributed by atoms with E-state index in [0.29, 0.717) is 6.54 Å². The van der Waals surface area contributed by atoms with Crippen LogP contribution >= 0.6 is 0 Å². The summed E-state index contributed by atoms with van der Waals surface area (Å²) in [5.74, 6) is -0.850. The molecular weight excluding hydrogens is 336 g/mol. The Morgan fingerprint density at radius 3 is 2.73 bits per heavy atom. The molecule has 2 aliphatic heterocycles. The zero-order chi connectivity index (χ0) is 18.5. The van der Waals surface area contributed by atoms with E-state index in [1.165, 1.54) is 24.1 Å². The Morgan fingerprint density at radius 1 is 1.23 bits per heavy atom.